The highest BCUT2D eigenvalue weighted by Crippen LogP contribution is 2.38. The monoisotopic (exact) mass is 630 g/mol. The van der Waals surface area contributed by atoms with E-state index in [-0.39, 0.29) is 6.61 Å². The lowest BCUT2D eigenvalue weighted by Gasteiger charge is -2.15. The predicted octanol–water partition coefficient (Wildman–Crippen LogP) is 4.92. The van der Waals surface area contributed by atoms with Crippen LogP contribution in [-0.2, 0) is 4.79 Å². The summed E-state index contributed by atoms with van der Waals surface area (Å²) in [7, 11) is 0. The van der Waals surface area contributed by atoms with Crippen LogP contribution in [0.15, 0.2) is 6.07 Å². The molecule has 0 amide bonds. The van der Waals surface area contributed by atoms with Crippen LogP contribution < -0.4 is 9.47 Å². The Labute approximate surface area is 165 Å². The van der Waals surface area contributed by atoms with Crippen LogP contribution in [0.4, 0.5) is 0 Å². The normalized spacial score (nSPS) is 10.5. The van der Waals surface area contributed by atoms with E-state index in [2.05, 4.69) is 74.7 Å². The summed E-state index contributed by atoms with van der Waals surface area (Å²) in [5.74, 6) is 0.387. The van der Waals surface area contributed by atoms with Gasteiger partial charge in [0.25, 0.3) is 0 Å². The number of aliphatic carboxylic acids is 1. The van der Waals surface area contributed by atoms with Crippen LogP contribution in [0.2, 0.25) is 0 Å². The number of carboxylic acid groups (broad SMARTS) is 1. The lowest BCUT2D eigenvalue weighted by atomic mass is 10.2. The Bertz CT molecular complexity index is 492. The number of hydrogen-bond donors (Lipinski definition) is 1. The molecular formula is C14H17I3O4. The Morgan fingerprint density at radius 3 is 2.29 bits per heavy atom. The first-order valence-corrected chi connectivity index (χ1v) is 9.85. The summed E-state index contributed by atoms with van der Waals surface area (Å²) in [4.78, 5) is 10.7. The summed E-state index contributed by atoms with van der Waals surface area (Å²) in [6, 6.07) is 1.95. The van der Waals surface area contributed by atoms with E-state index in [1.165, 1.54) is 12.8 Å². The topological polar surface area (TPSA) is 55.8 Å². The van der Waals surface area contributed by atoms with Gasteiger partial charge in [-0.25, -0.2) is 4.79 Å². The molecule has 0 fully saturated rings. The first-order chi connectivity index (χ1) is 9.97. The van der Waals surface area contributed by atoms with Crippen LogP contribution >= 0.6 is 67.8 Å². The van der Waals surface area contributed by atoms with Gasteiger partial charge in [0.05, 0.1) is 17.3 Å². The van der Waals surface area contributed by atoms with Crippen LogP contribution in [0, 0.1) is 10.7 Å². The second-order valence-electron chi connectivity index (χ2n) is 4.40. The van der Waals surface area contributed by atoms with Crippen LogP contribution in [0.25, 0.3) is 0 Å². The summed E-state index contributed by atoms with van der Waals surface area (Å²) in [6.07, 6.45) is 4.61. The molecule has 0 unspecified atom stereocenters. The predicted molar refractivity (Wildman–Crippen MR) is 107 cm³/mol. The van der Waals surface area contributed by atoms with Crippen LogP contribution in [0.5, 0.6) is 11.5 Å². The Balaban J connectivity index is 2.78. The number of halogens is 3. The summed E-state index contributed by atoms with van der Waals surface area (Å²) in [5.41, 5.74) is 0. The van der Waals surface area contributed by atoms with Gasteiger partial charge in [-0.05, 0) is 80.3 Å². The lowest BCUT2D eigenvalue weighted by molar-refractivity contribution is -0.139. The summed E-state index contributed by atoms with van der Waals surface area (Å²) in [6.45, 7) is 2.51. The van der Waals surface area contributed by atoms with Crippen LogP contribution in [-0.4, -0.2) is 24.3 Å². The highest BCUT2D eigenvalue weighted by atomic mass is 127. The number of hydrogen-bond acceptors (Lipinski definition) is 3. The van der Waals surface area contributed by atoms with E-state index in [9.17, 15) is 4.79 Å². The largest absolute Gasteiger partial charge is 0.491 e. The summed E-state index contributed by atoms with van der Waals surface area (Å²) >= 11 is 6.53. The van der Waals surface area contributed by atoms with E-state index in [4.69, 9.17) is 14.6 Å². The maximum atomic E-state index is 10.7. The molecule has 4 nitrogen and oxygen atoms in total. The molecule has 0 aromatic heterocycles. The first-order valence-electron chi connectivity index (χ1n) is 6.62. The third-order valence-corrected chi connectivity index (χ3v) is 5.25. The van der Waals surface area contributed by atoms with E-state index in [1.54, 1.807) is 0 Å². The van der Waals surface area contributed by atoms with Crippen molar-refractivity contribution in [3.8, 4) is 11.5 Å². The Kier molecular flexibility index (Phi) is 9.57. The fourth-order valence-corrected chi connectivity index (χ4v) is 5.65. The molecule has 0 heterocycles. The second-order valence-corrected chi connectivity index (χ2v) is 7.81. The highest BCUT2D eigenvalue weighted by Gasteiger charge is 2.17. The fourth-order valence-electron chi connectivity index (χ4n) is 1.66. The van der Waals surface area contributed by atoms with Crippen molar-refractivity contribution in [2.24, 2.45) is 0 Å². The van der Waals surface area contributed by atoms with Gasteiger partial charge < -0.3 is 14.6 Å². The molecule has 0 aliphatic heterocycles. The van der Waals surface area contributed by atoms with Crippen molar-refractivity contribution in [3.05, 3.63) is 16.8 Å². The molecule has 1 rings (SSSR count). The zero-order valence-corrected chi connectivity index (χ0v) is 18.1. The molecule has 1 aromatic rings. The van der Waals surface area contributed by atoms with Crippen molar-refractivity contribution in [2.45, 2.75) is 32.6 Å². The van der Waals surface area contributed by atoms with Gasteiger partial charge in [0.2, 0.25) is 0 Å². The zero-order valence-electron chi connectivity index (χ0n) is 11.6. The van der Waals surface area contributed by atoms with Crippen molar-refractivity contribution in [1.29, 1.82) is 0 Å². The van der Waals surface area contributed by atoms with Gasteiger partial charge in [-0.1, -0.05) is 26.2 Å². The molecule has 0 radical (unpaired) electrons. The number of carbonyl (C=O) groups is 1. The van der Waals surface area contributed by atoms with Gasteiger partial charge in [0.15, 0.2) is 12.4 Å². The van der Waals surface area contributed by atoms with Gasteiger partial charge in [-0.15, -0.1) is 0 Å². The SMILES string of the molecule is CCCCCCOc1c(I)cc(I)c(OCC(=O)O)c1I. The quantitative estimate of drug-likeness (QED) is 0.311. The molecule has 0 aliphatic rings. The van der Waals surface area contributed by atoms with E-state index in [0.29, 0.717) is 12.4 Å². The molecule has 1 N–H and O–H groups in total. The van der Waals surface area contributed by atoms with Crippen LogP contribution in [0.1, 0.15) is 32.6 Å². The Morgan fingerprint density at radius 1 is 1.10 bits per heavy atom. The van der Waals surface area contributed by atoms with Crippen molar-refractivity contribution >= 4 is 73.7 Å². The second kappa shape index (κ2) is 10.3. The minimum absolute atomic E-state index is 0.345. The summed E-state index contributed by atoms with van der Waals surface area (Å²) < 4.78 is 14.0. The number of unbranched alkanes of at least 4 members (excludes halogenated alkanes) is 3. The molecule has 118 valence electrons. The van der Waals surface area contributed by atoms with Crippen molar-refractivity contribution in [2.75, 3.05) is 13.2 Å². The average Bonchev–Trinajstić information content (AvgIpc) is 2.41. The maximum absolute atomic E-state index is 10.7. The Morgan fingerprint density at radius 2 is 1.71 bits per heavy atom. The standard InChI is InChI=1S/C14H17I3O4/c1-2-3-4-5-6-20-13-9(15)7-10(16)14(12(13)17)21-8-11(18)19/h7H,2-6,8H2,1H3,(H,18,19). The number of benzene rings is 1. The zero-order chi connectivity index (χ0) is 15.8. The van der Waals surface area contributed by atoms with Crippen LogP contribution in [0.3, 0.4) is 0 Å². The smallest absolute Gasteiger partial charge is 0.341 e. The van der Waals surface area contributed by atoms with E-state index >= 15 is 0 Å². The third kappa shape index (κ3) is 6.63. The molecule has 7 heteroatoms. The van der Waals surface area contributed by atoms with Crippen molar-refractivity contribution in [3.63, 3.8) is 0 Å². The lowest BCUT2D eigenvalue weighted by Crippen LogP contribution is -2.12. The van der Waals surface area contributed by atoms with Crippen molar-refractivity contribution in [1.82, 2.24) is 0 Å². The number of rotatable bonds is 9. The average molecular weight is 630 g/mol. The molecule has 0 bridgehead atoms. The van der Waals surface area contributed by atoms with Gasteiger partial charge in [-0.3, -0.25) is 0 Å². The Hall–Kier alpha value is 0.480. The summed E-state index contributed by atoms with van der Waals surface area (Å²) in [5, 5.41) is 8.74. The molecular weight excluding hydrogens is 613 g/mol. The van der Waals surface area contributed by atoms with Crippen molar-refractivity contribution < 1.29 is 19.4 Å². The van der Waals surface area contributed by atoms with Gasteiger partial charge >= 0.3 is 5.97 Å². The molecule has 0 saturated carbocycles. The molecule has 1 aromatic carbocycles. The molecule has 0 saturated heterocycles. The molecule has 21 heavy (non-hydrogen) atoms. The van der Waals surface area contributed by atoms with E-state index in [1.807, 2.05) is 6.07 Å². The maximum Gasteiger partial charge on any atom is 0.341 e. The highest BCUT2D eigenvalue weighted by molar-refractivity contribution is 14.1. The number of carboxylic acids is 1. The first kappa shape index (κ1) is 19.5. The van der Waals surface area contributed by atoms with Gasteiger partial charge in [0.1, 0.15) is 5.75 Å². The van der Waals surface area contributed by atoms with E-state index in [0.717, 1.165) is 29.3 Å². The van der Waals surface area contributed by atoms with Gasteiger partial charge in [0, 0.05) is 0 Å². The number of ether oxygens (including phenoxy) is 2. The minimum Gasteiger partial charge on any atom is -0.491 e. The molecule has 0 aliphatic carbocycles. The molecule has 0 spiro atoms. The molecule has 0 atom stereocenters. The third-order valence-electron chi connectivity index (χ3n) is 2.67. The van der Waals surface area contributed by atoms with E-state index < -0.39 is 5.97 Å². The van der Waals surface area contributed by atoms with Gasteiger partial charge in [-0.2, -0.15) is 0 Å². The minimum atomic E-state index is -0.984. The fraction of sp³-hybridized carbons (Fsp3) is 0.500.